The first kappa shape index (κ1) is 15.3. The molecule has 0 heterocycles. The molecule has 2 atom stereocenters. The highest BCUT2D eigenvalue weighted by molar-refractivity contribution is 6.01. The number of aliphatic hydroxyl groups is 1. The van der Waals surface area contributed by atoms with Crippen molar-refractivity contribution in [1.29, 1.82) is 0 Å². The van der Waals surface area contributed by atoms with E-state index < -0.39 is 36.0 Å². The summed E-state index contributed by atoms with van der Waals surface area (Å²) in [5.41, 5.74) is 3.12. The van der Waals surface area contributed by atoms with Crippen molar-refractivity contribution < 1.29 is 29.3 Å². The normalized spacial score (nSPS) is 15.5. The van der Waals surface area contributed by atoms with Crippen LogP contribution in [0.2, 0.25) is 0 Å². The van der Waals surface area contributed by atoms with Crippen LogP contribution >= 0.6 is 0 Å². The average molecular weight is 248 g/mol. The smallest absolute Gasteiger partial charge is 0.337 e. The molecule has 0 aliphatic heterocycles. The fourth-order valence-electron chi connectivity index (χ4n) is 0.784. The maximum Gasteiger partial charge on any atom is 0.337 e. The fraction of sp³-hybridized carbons (Fsp3) is 0.667. The summed E-state index contributed by atoms with van der Waals surface area (Å²) >= 11 is 0. The minimum Gasteiger partial charge on any atom is -0.479 e. The summed E-state index contributed by atoms with van der Waals surface area (Å²) < 4.78 is 4.50. The third-order valence-corrected chi connectivity index (χ3v) is 1.89. The SMILES string of the molecule is CCOC(=O)C(N)C(=O)NCC(C)(O)C(=O)O. The van der Waals surface area contributed by atoms with Gasteiger partial charge in [-0.25, -0.2) is 9.59 Å². The van der Waals surface area contributed by atoms with Gasteiger partial charge >= 0.3 is 11.9 Å². The Morgan fingerprint density at radius 3 is 2.41 bits per heavy atom. The van der Waals surface area contributed by atoms with E-state index in [1.807, 2.05) is 5.32 Å². The van der Waals surface area contributed by atoms with Gasteiger partial charge in [0.2, 0.25) is 5.91 Å². The summed E-state index contributed by atoms with van der Waals surface area (Å²) in [6.07, 6.45) is 0. The number of nitrogens with one attached hydrogen (secondary N) is 1. The molecule has 98 valence electrons. The molecule has 0 aromatic heterocycles. The van der Waals surface area contributed by atoms with Crippen LogP contribution in [0.5, 0.6) is 0 Å². The van der Waals surface area contributed by atoms with E-state index in [0.717, 1.165) is 6.92 Å². The summed E-state index contributed by atoms with van der Waals surface area (Å²) in [6, 6.07) is -1.54. The Hall–Kier alpha value is -1.67. The standard InChI is InChI=1S/C9H16N2O6/c1-3-17-7(13)5(10)6(12)11-4-9(2,16)8(14)15/h5,16H,3-4,10H2,1-2H3,(H,11,12)(H,14,15). The van der Waals surface area contributed by atoms with Crippen molar-refractivity contribution in [3.05, 3.63) is 0 Å². The summed E-state index contributed by atoms with van der Waals surface area (Å²) in [4.78, 5) is 32.9. The summed E-state index contributed by atoms with van der Waals surface area (Å²) in [6.45, 7) is 2.07. The largest absolute Gasteiger partial charge is 0.479 e. The number of esters is 1. The van der Waals surface area contributed by atoms with Crippen LogP contribution < -0.4 is 11.1 Å². The molecule has 2 unspecified atom stereocenters. The number of hydrogen-bond donors (Lipinski definition) is 4. The predicted octanol–water partition coefficient (Wildman–Crippen LogP) is -2.17. The van der Waals surface area contributed by atoms with Gasteiger partial charge < -0.3 is 26.0 Å². The van der Waals surface area contributed by atoms with Crippen molar-refractivity contribution in [2.24, 2.45) is 5.73 Å². The molecular formula is C9H16N2O6. The second-order valence-corrected chi connectivity index (χ2v) is 3.53. The van der Waals surface area contributed by atoms with E-state index in [1.54, 1.807) is 6.92 Å². The first-order chi connectivity index (χ1) is 7.72. The van der Waals surface area contributed by atoms with Crippen LogP contribution in [-0.2, 0) is 19.1 Å². The Kier molecular flexibility index (Phi) is 5.56. The van der Waals surface area contributed by atoms with E-state index in [4.69, 9.17) is 10.8 Å². The molecule has 0 spiro atoms. The topological polar surface area (TPSA) is 139 Å². The predicted molar refractivity (Wildman–Crippen MR) is 55.9 cm³/mol. The van der Waals surface area contributed by atoms with Crippen molar-refractivity contribution in [3.8, 4) is 0 Å². The molecule has 0 fully saturated rings. The second-order valence-electron chi connectivity index (χ2n) is 3.53. The zero-order chi connectivity index (χ0) is 13.6. The number of amides is 1. The number of aliphatic carboxylic acids is 1. The highest BCUT2D eigenvalue weighted by atomic mass is 16.5. The van der Waals surface area contributed by atoms with Crippen LogP contribution in [0.15, 0.2) is 0 Å². The van der Waals surface area contributed by atoms with Gasteiger partial charge in [0.05, 0.1) is 13.2 Å². The number of carboxylic acids is 1. The van der Waals surface area contributed by atoms with Gasteiger partial charge in [-0.2, -0.15) is 0 Å². The van der Waals surface area contributed by atoms with E-state index in [2.05, 4.69) is 4.74 Å². The Balaban J connectivity index is 4.28. The monoisotopic (exact) mass is 248 g/mol. The van der Waals surface area contributed by atoms with Crippen LogP contribution in [0, 0.1) is 0 Å². The summed E-state index contributed by atoms with van der Waals surface area (Å²) in [5, 5.41) is 19.9. The molecular weight excluding hydrogens is 232 g/mol. The number of carbonyl (C=O) groups is 3. The molecule has 0 rings (SSSR count). The molecule has 8 nitrogen and oxygen atoms in total. The molecule has 0 aromatic rings. The molecule has 8 heteroatoms. The van der Waals surface area contributed by atoms with Gasteiger partial charge in [0.25, 0.3) is 0 Å². The minimum absolute atomic E-state index is 0.0760. The van der Waals surface area contributed by atoms with Gasteiger partial charge in [0.1, 0.15) is 0 Å². The maximum absolute atomic E-state index is 11.3. The quantitative estimate of drug-likeness (QED) is 0.310. The molecule has 0 aliphatic carbocycles. The first-order valence-corrected chi connectivity index (χ1v) is 4.88. The minimum atomic E-state index is -2.12. The average Bonchev–Trinajstić information content (AvgIpc) is 2.25. The molecule has 0 radical (unpaired) electrons. The third-order valence-electron chi connectivity index (χ3n) is 1.89. The lowest BCUT2D eigenvalue weighted by molar-refractivity contribution is -0.156. The lowest BCUT2D eigenvalue weighted by Crippen LogP contribution is -2.52. The molecule has 0 bridgehead atoms. The number of carbonyl (C=O) groups excluding carboxylic acids is 2. The van der Waals surface area contributed by atoms with Gasteiger partial charge in [-0.05, 0) is 13.8 Å². The van der Waals surface area contributed by atoms with E-state index in [0.29, 0.717) is 0 Å². The first-order valence-electron chi connectivity index (χ1n) is 4.88. The highest BCUT2D eigenvalue weighted by Crippen LogP contribution is 2.00. The number of hydrogen-bond acceptors (Lipinski definition) is 6. The van der Waals surface area contributed by atoms with Crippen molar-refractivity contribution in [1.82, 2.24) is 5.32 Å². The second kappa shape index (κ2) is 6.16. The van der Waals surface area contributed by atoms with E-state index in [1.165, 1.54) is 0 Å². The fourth-order valence-corrected chi connectivity index (χ4v) is 0.784. The van der Waals surface area contributed by atoms with Crippen molar-refractivity contribution in [2.75, 3.05) is 13.2 Å². The van der Waals surface area contributed by atoms with Gasteiger partial charge in [0, 0.05) is 0 Å². The van der Waals surface area contributed by atoms with Gasteiger partial charge in [0.15, 0.2) is 11.6 Å². The molecule has 5 N–H and O–H groups in total. The lowest BCUT2D eigenvalue weighted by Gasteiger charge is -2.19. The Morgan fingerprint density at radius 2 is 2.00 bits per heavy atom. The van der Waals surface area contributed by atoms with Crippen molar-refractivity contribution >= 4 is 17.8 Å². The number of ether oxygens (including phenoxy) is 1. The van der Waals surface area contributed by atoms with Crippen LogP contribution in [0.25, 0.3) is 0 Å². The molecule has 0 saturated heterocycles. The maximum atomic E-state index is 11.3. The summed E-state index contributed by atoms with van der Waals surface area (Å²) in [5.74, 6) is -3.33. The summed E-state index contributed by atoms with van der Waals surface area (Å²) in [7, 11) is 0. The molecule has 0 saturated carbocycles. The van der Waals surface area contributed by atoms with Crippen LogP contribution in [0.3, 0.4) is 0 Å². The lowest BCUT2D eigenvalue weighted by atomic mass is 10.1. The number of rotatable bonds is 6. The molecule has 0 aliphatic rings. The van der Waals surface area contributed by atoms with Crippen LogP contribution in [0.4, 0.5) is 0 Å². The van der Waals surface area contributed by atoms with Crippen LogP contribution in [-0.4, -0.2) is 52.9 Å². The zero-order valence-electron chi connectivity index (χ0n) is 9.60. The van der Waals surface area contributed by atoms with Gasteiger partial charge in [-0.15, -0.1) is 0 Å². The Bertz CT molecular complexity index is 315. The van der Waals surface area contributed by atoms with E-state index >= 15 is 0 Å². The number of carboxylic acid groups (broad SMARTS) is 1. The Morgan fingerprint density at radius 1 is 1.47 bits per heavy atom. The van der Waals surface area contributed by atoms with Gasteiger partial charge in [-0.1, -0.05) is 0 Å². The Labute approximate surface area is 97.7 Å². The third kappa shape index (κ3) is 4.79. The van der Waals surface area contributed by atoms with E-state index in [9.17, 15) is 19.5 Å². The van der Waals surface area contributed by atoms with Crippen molar-refractivity contribution in [2.45, 2.75) is 25.5 Å². The number of nitrogens with two attached hydrogens (primary N) is 1. The van der Waals surface area contributed by atoms with Crippen LogP contribution in [0.1, 0.15) is 13.8 Å². The van der Waals surface area contributed by atoms with Crippen molar-refractivity contribution in [3.63, 3.8) is 0 Å². The van der Waals surface area contributed by atoms with Gasteiger partial charge in [-0.3, -0.25) is 4.79 Å². The molecule has 17 heavy (non-hydrogen) atoms. The highest BCUT2D eigenvalue weighted by Gasteiger charge is 2.32. The molecule has 1 amide bonds. The molecule has 0 aromatic carbocycles. The van der Waals surface area contributed by atoms with E-state index in [-0.39, 0.29) is 6.61 Å². The zero-order valence-corrected chi connectivity index (χ0v) is 9.60.